The highest BCUT2D eigenvalue weighted by atomic mass is 32.2. The molecule has 0 bridgehead atoms. The van der Waals surface area contributed by atoms with Crippen molar-refractivity contribution in [3.63, 3.8) is 0 Å². The van der Waals surface area contributed by atoms with E-state index in [9.17, 15) is 13.2 Å². The monoisotopic (exact) mass is 196 g/mol. The highest BCUT2D eigenvalue weighted by Crippen LogP contribution is 1.93. The van der Waals surface area contributed by atoms with Crippen molar-refractivity contribution in [3.8, 4) is 0 Å². The van der Waals surface area contributed by atoms with E-state index in [1.54, 1.807) is 0 Å². The van der Waals surface area contributed by atoms with Crippen LogP contribution in [0, 0.1) is 0 Å². The normalized spacial score (nSPS) is 11.4. The Hall–Kier alpha value is -0.660. The number of nitrogens with two attached hydrogens (primary N) is 1. The standard InChI is InChI=1S/C5H12N2O4S/c6-12(10,11)7-4-2-1-3-5(8)9/h7H,1-4H2,(H,8,9)(H2,6,10,11). The van der Waals surface area contributed by atoms with Gasteiger partial charge < -0.3 is 5.11 Å². The van der Waals surface area contributed by atoms with Gasteiger partial charge in [0, 0.05) is 13.0 Å². The van der Waals surface area contributed by atoms with Gasteiger partial charge in [0.2, 0.25) is 0 Å². The Kier molecular flexibility index (Phi) is 4.79. The zero-order valence-electron chi connectivity index (χ0n) is 6.49. The topological polar surface area (TPSA) is 109 Å². The minimum absolute atomic E-state index is 0.0479. The van der Waals surface area contributed by atoms with Crippen molar-refractivity contribution < 1.29 is 18.3 Å². The third-order valence-corrected chi connectivity index (χ3v) is 1.73. The van der Waals surface area contributed by atoms with Gasteiger partial charge in [0.25, 0.3) is 10.2 Å². The molecule has 72 valence electrons. The summed E-state index contributed by atoms with van der Waals surface area (Å²) >= 11 is 0. The summed E-state index contributed by atoms with van der Waals surface area (Å²) in [5.41, 5.74) is 0. The van der Waals surface area contributed by atoms with E-state index < -0.39 is 16.2 Å². The van der Waals surface area contributed by atoms with Gasteiger partial charge in [0.05, 0.1) is 0 Å². The summed E-state index contributed by atoms with van der Waals surface area (Å²) < 4.78 is 22.6. The van der Waals surface area contributed by atoms with Gasteiger partial charge in [0.1, 0.15) is 0 Å². The smallest absolute Gasteiger partial charge is 0.303 e. The summed E-state index contributed by atoms with van der Waals surface area (Å²) in [4.78, 5) is 10.00. The molecule has 0 unspecified atom stereocenters. The number of carboxylic acids is 1. The molecule has 0 aromatic heterocycles. The Labute approximate surface area is 70.9 Å². The average Bonchev–Trinajstić information content (AvgIpc) is 1.83. The number of unbranched alkanes of at least 4 members (excludes halogenated alkanes) is 1. The average molecular weight is 196 g/mol. The molecule has 0 rings (SSSR count). The molecule has 4 N–H and O–H groups in total. The van der Waals surface area contributed by atoms with Gasteiger partial charge in [-0.15, -0.1) is 0 Å². The third-order valence-electron chi connectivity index (χ3n) is 1.12. The lowest BCUT2D eigenvalue weighted by atomic mass is 10.2. The van der Waals surface area contributed by atoms with Crippen LogP contribution in [-0.2, 0) is 15.0 Å². The lowest BCUT2D eigenvalue weighted by Crippen LogP contribution is -2.31. The van der Waals surface area contributed by atoms with Crippen molar-refractivity contribution in [1.29, 1.82) is 0 Å². The largest absolute Gasteiger partial charge is 0.481 e. The van der Waals surface area contributed by atoms with Gasteiger partial charge in [-0.05, 0) is 12.8 Å². The molecule has 0 fully saturated rings. The first-order valence-corrected chi connectivity index (χ1v) is 4.95. The van der Waals surface area contributed by atoms with Gasteiger partial charge in [-0.25, -0.2) is 9.86 Å². The maximum absolute atomic E-state index is 10.3. The predicted molar refractivity (Wildman–Crippen MR) is 42.6 cm³/mol. The maximum atomic E-state index is 10.3. The minimum atomic E-state index is -3.62. The van der Waals surface area contributed by atoms with E-state index in [0.29, 0.717) is 12.8 Å². The second kappa shape index (κ2) is 5.07. The molecule has 0 aliphatic rings. The van der Waals surface area contributed by atoms with Crippen molar-refractivity contribution >= 4 is 16.2 Å². The van der Waals surface area contributed by atoms with E-state index in [2.05, 4.69) is 9.86 Å². The summed E-state index contributed by atoms with van der Waals surface area (Å²) in [7, 11) is -3.62. The molecule has 0 radical (unpaired) electrons. The van der Waals surface area contributed by atoms with Gasteiger partial charge >= 0.3 is 5.97 Å². The van der Waals surface area contributed by atoms with Crippen LogP contribution in [0.5, 0.6) is 0 Å². The van der Waals surface area contributed by atoms with E-state index >= 15 is 0 Å². The summed E-state index contributed by atoms with van der Waals surface area (Å²) in [5, 5.41) is 12.8. The van der Waals surface area contributed by atoms with Crippen LogP contribution in [0.25, 0.3) is 0 Å². The van der Waals surface area contributed by atoms with Crippen molar-refractivity contribution in [2.75, 3.05) is 6.54 Å². The van der Waals surface area contributed by atoms with Crippen molar-refractivity contribution in [1.82, 2.24) is 4.72 Å². The number of nitrogens with one attached hydrogen (secondary N) is 1. The highest BCUT2D eigenvalue weighted by Gasteiger charge is 2.00. The molecule has 0 atom stereocenters. The summed E-state index contributed by atoms with van der Waals surface area (Å²) in [6.45, 7) is 0.187. The van der Waals surface area contributed by atoms with Crippen LogP contribution in [-0.4, -0.2) is 26.0 Å². The molecular formula is C5H12N2O4S. The van der Waals surface area contributed by atoms with Gasteiger partial charge in [-0.2, -0.15) is 8.42 Å². The molecule has 0 spiro atoms. The fraction of sp³-hybridized carbons (Fsp3) is 0.800. The van der Waals surface area contributed by atoms with Gasteiger partial charge in [0.15, 0.2) is 0 Å². The molecule has 0 aliphatic carbocycles. The lowest BCUT2D eigenvalue weighted by Gasteiger charge is -1.99. The van der Waals surface area contributed by atoms with Gasteiger partial charge in [-0.1, -0.05) is 0 Å². The second-order valence-electron chi connectivity index (χ2n) is 2.29. The fourth-order valence-corrected chi connectivity index (χ4v) is 1.04. The predicted octanol–water partition coefficient (Wildman–Crippen LogP) is -0.966. The van der Waals surface area contributed by atoms with Crippen LogP contribution in [0.15, 0.2) is 0 Å². The molecule has 0 saturated heterocycles. The molecule has 0 heterocycles. The Bertz CT molecular complexity index is 236. The van der Waals surface area contributed by atoms with Crippen LogP contribution >= 0.6 is 0 Å². The van der Waals surface area contributed by atoms with Crippen LogP contribution < -0.4 is 9.86 Å². The van der Waals surface area contributed by atoms with Crippen molar-refractivity contribution in [2.45, 2.75) is 19.3 Å². The fourth-order valence-electron chi connectivity index (χ4n) is 0.616. The number of hydrogen-bond donors (Lipinski definition) is 3. The Balaban J connectivity index is 3.29. The highest BCUT2D eigenvalue weighted by molar-refractivity contribution is 7.87. The van der Waals surface area contributed by atoms with E-state index in [1.165, 1.54) is 0 Å². The van der Waals surface area contributed by atoms with E-state index in [4.69, 9.17) is 5.11 Å². The number of carboxylic acid groups (broad SMARTS) is 1. The Morgan fingerprint density at radius 3 is 2.42 bits per heavy atom. The first-order chi connectivity index (χ1) is 5.42. The molecule has 0 aliphatic heterocycles. The molecule has 0 aromatic carbocycles. The van der Waals surface area contributed by atoms with E-state index in [-0.39, 0.29) is 13.0 Å². The number of carbonyl (C=O) groups is 1. The quantitative estimate of drug-likeness (QED) is 0.475. The number of rotatable bonds is 6. The van der Waals surface area contributed by atoms with Crippen LogP contribution in [0.3, 0.4) is 0 Å². The van der Waals surface area contributed by atoms with Crippen molar-refractivity contribution in [3.05, 3.63) is 0 Å². The van der Waals surface area contributed by atoms with Crippen LogP contribution in [0.1, 0.15) is 19.3 Å². The first-order valence-electron chi connectivity index (χ1n) is 3.41. The maximum Gasteiger partial charge on any atom is 0.303 e. The third kappa shape index (κ3) is 9.34. The minimum Gasteiger partial charge on any atom is -0.481 e. The SMILES string of the molecule is NS(=O)(=O)NCCCCC(=O)O. The number of aliphatic carboxylic acids is 1. The molecular weight excluding hydrogens is 184 g/mol. The lowest BCUT2D eigenvalue weighted by molar-refractivity contribution is -0.137. The summed E-state index contributed by atoms with van der Waals surface area (Å²) in [6, 6.07) is 0. The Morgan fingerprint density at radius 2 is 2.00 bits per heavy atom. The summed E-state index contributed by atoms with van der Waals surface area (Å²) in [6.07, 6.45) is 0.965. The zero-order chi connectivity index (χ0) is 9.61. The number of hydrogen-bond acceptors (Lipinski definition) is 3. The van der Waals surface area contributed by atoms with Crippen LogP contribution in [0.2, 0.25) is 0 Å². The molecule has 0 amide bonds. The Morgan fingerprint density at radius 1 is 1.42 bits per heavy atom. The zero-order valence-corrected chi connectivity index (χ0v) is 7.30. The molecule has 0 saturated carbocycles. The van der Waals surface area contributed by atoms with Crippen molar-refractivity contribution in [2.24, 2.45) is 5.14 Å². The van der Waals surface area contributed by atoms with Gasteiger partial charge in [-0.3, -0.25) is 4.79 Å². The van der Waals surface area contributed by atoms with E-state index in [0.717, 1.165) is 0 Å². The van der Waals surface area contributed by atoms with Crippen LogP contribution in [0.4, 0.5) is 0 Å². The molecule has 6 nitrogen and oxygen atoms in total. The molecule has 12 heavy (non-hydrogen) atoms. The molecule has 7 heteroatoms. The summed E-state index contributed by atoms with van der Waals surface area (Å²) in [5.74, 6) is -0.884. The van der Waals surface area contributed by atoms with E-state index in [1.807, 2.05) is 0 Å². The second-order valence-corrected chi connectivity index (χ2v) is 3.67. The first kappa shape index (κ1) is 11.3. The molecule has 0 aromatic rings.